The molecule has 0 aromatic rings. The number of hydrogen-bond donors (Lipinski definition) is 1. The highest BCUT2D eigenvalue weighted by Crippen LogP contribution is 2.43. The first-order valence-corrected chi connectivity index (χ1v) is 5.16. The average molecular weight is 246 g/mol. The Labute approximate surface area is 90.6 Å². The molecule has 1 aliphatic heterocycles. The second kappa shape index (κ2) is 4.44. The minimum atomic E-state index is -5.54. The Morgan fingerprint density at radius 1 is 1.25 bits per heavy atom. The topological polar surface area (TPSA) is 29.3 Å². The molecule has 2 N–H and O–H groups in total. The van der Waals surface area contributed by atoms with E-state index in [2.05, 4.69) is 0 Å². The fraction of sp³-hybridized carbons (Fsp3) is 1.00. The highest BCUT2D eigenvalue weighted by Gasteiger charge is 2.66. The first kappa shape index (κ1) is 13.6. The summed E-state index contributed by atoms with van der Waals surface area (Å²) in [7, 11) is 0. The molecule has 0 amide bonds. The van der Waals surface area contributed by atoms with Crippen molar-refractivity contribution in [2.75, 3.05) is 13.1 Å². The van der Waals surface area contributed by atoms with E-state index in [1.807, 2.05) is 0 Å². The average Bonchev–Trinajstić information content (AvgIpc) is 2.46. The summed E-state index contributed by atoms with van der Waals surface area (Å²) in [5.41, 5.74) is 5.36. The van der Waals surface area contributed by atoms with Crippen LogP contribution in [-0.4, -0.2) is 42.2 Å². The molecule has 0 aromatic heterocycles. The highest BCUT2D eigenvalue weighted by atomic mass is 19.4. The van der Waals surface area contributed by atoms with Gasteiger partial charge in [-0.1, -0.05) is 6.92 Å². The molecular weight excluding hydrogens is 231 g/mol. The van der Waals surface area contributed by atoms with Gasteiger partial charge in [0, 0.05) is 12.6 Å². The molecule has 2 atom stereocenters. The van der Waals surface area contributed by atoms with Gasteiger partial charge in [-0.15, -0.1) is 0 Å². The van der Waals surface area contributed by atoms with Crippen molar-refractivity contribution in [3.05, 3.63) is 0 Å². The van der Waals surface area contributed by atoms with E-state index in [-0.39, 0.29) is 19.5 Å². The minimum absolute atomic E-state index is 0.177. The van der Waals surface area contributed by atoms with E-state index in [4.69, 9.17) is 5.73 Å². The summed E-state index contributed by atoms with van der Waals surface area (Å²) in [5.74, 6) is -4.74. The number of nitrogens with two attached hydrogens (primary N) is 1. The molecule has 96 valence electrons. The molecule has 0 aliphatic carbocycles. The Bertz CT molecular complexity index is 239. The summed E-state index contributed by atoms with van der Waals surface area (Å²) in [5, 5.41) is 0. The van der Waals surface area contributed by atoms with Crippen LogP contribution in [-0.2, 0) is 0 Å². The van der Waals surface area contributed by atoms with Gasteiger partial charge in [-0.2, -0.15) is 22.0 Å². The zero-order valence-electron chi connectivity index (χ0n) is 8.90. The first-order valence-electron chi connectivity index (χ1n) is 5.16. The van der Waals surface area contributed by atoms with Crippen LogP contribution in [0.5, 0.6) is 0 Å². The van der Waals surface area contributed by atoms with E-state index in [0.717, 1.165) is 4.90 Å². The van der Waals surface area contributed by atoms with Crippen LogP contribution in [0.15, 0.2) is 0 Å². The number of halogens is 5. The highest BCUT2D eigenvalue weighted by molar-refractivity contribution is 5.01. The number of alkyl halides is 5. The van der Waals surface area contributed by atoms with Crippen LogP contribution >= 0.6 is 0 Å². The molecule has 16 heavy (non-hydrogen) atoms. The molecule has 0 aromatic carbocycles. The third kappa shape index (κ3) is 2.29. The summed E-state index contributed by atoms with van der Waals surface area (Å²) in [6, 6.07) is -3.05. The van der Waals surface area contributed by atoms with Crippen molar-refractivity contribution in [1.82, 2.24) is 4.90 Å². The van der Waals surface area contributed by atoms with Crippen molar-refractivity contribution >= 4 is 0 Å². The Balaban J connectivity index is 2.90. The fourth-order valence-corrected chi connectivity index (χ4v) is 2.09. The summed E-state index contributed by atoms with van der Waals surface area (Å²) in [6.07, 6.45) is -4.83. The monoisotopic (exact) mass is 246 g/mol. The SMILES string of the molecule is CCCN1CC[C@@H](N)[C@@H]1C(F)(F)C(F)(F)F. The van der Waals surface area contributed by atoms with Gasteiger partial charge in [-0.3, -0.25) is 4.90 Å². The zero-order chi connectivity index (χ0) is 12.6. The van der Waals surface area contributed by atoms with Crippen LogP contribution in [0, 0.1) is 0 Å². The van der Waals surface area contributed by atoms with Gasteiger partial charge < -0.3 is 5.73 Å². The molecule has 0 saturated carbocycles. The molecule has 0 bridgehead atoms. The Morgan fingerprint density at radius 3 is 2.25 bits per heavy atom. The van der Waals surface area contributed by atoms with Gasteiger partial charge in [0.15, 0.2) is 0 Å². The lowest BCUT2D eigenvalue weighted by Crippen LogP contribution is -2.58. The zero-order valence-corrected chi connectivity index (χ0v) is 8.90. The van der Waals surface area contributed by atoms with Crippen LogP contribution in [0.25, 0.3) is 0 Å². The number of hydrogen-bond acceptors (Lipinski definition) is 2. The van der Waals surface area contributed by atoms with Crippen LogP contribution in [0.2, 0.25) is 0 Å². The molecule has 1 saturated heterocycles. The predicted molar refractivity (Wildman–Crippen MR) is 49.2 cm³/mol. The molecule has 1 fully saturated rings. The summed E-state index contributed by atoms with van der Waals surface area (Å²) < 4.78 is 63.1. The van der Waals surface area contributed by atoms with Crippen LogP contribution in [0.1, 0.15) is 19.8 Å². The van der Waals surface area contributed by atoms with Gasteiger partial charge in [0.25, 0.3) is 0 Å². The van der Waals surface area contributed by atoms with E-state index in [1.54, 1.807) is 6.92 Å². The maximum absolute atomic E-state index is 13.2. The minimum Gasteiger partial charge on any atom is -0.326 e. The molecule has 1 rings (SSSR count). The number of rotatable bonds is 3. The van der Waals surface area contributed by atoms with Gasteiger partial charge in [0.05, 0.1) is 6.04 Å². The first-order chi connectivity index (χ1) is 7.21. The van der Waals surface area contributed by atoms with E-state index in [1.165, 1.54) is 0 Å². The van der Waals surface area contributed by atoms with E-state index < -0.39 is 24.2 Å². The normalized spacial score (nSPS) is 28.7. The fourth-order valence-electron chi connectivity index (χ4n) is 2.09. The standard InChI is InChI=1S/C9H15F5N2/c1-2-4-16-5-3-6(15)7(16)8(10,11)9(12,13)14/h6-7H,2-5,15H2,1H3/t6-,7-/m1/s1. The van der Waals surface area contributed by atoms with Crippen molar-refractivity contribution in [2.24, 2.45) is 5.73 Å². The Kier molecular flexibility index (Phi) is 3.79. The van der Waals surface area contributed by atoms with Crippen molar-refractivity contribution in [3.8, 4) is 0 Å². The summed E-state index contributed by atoms with van der Waals surface area (Å²) >= 11 is 0. The molecule has 7 heteroatoms. The quantitative estimate of drug-likeness (QED) is 0.772. The van der Waals surface area contributed by atoms with E-state index >= 15 is 0 Å². The van der Waals surface area contributed by atoms with Crippen molar-refractivity contribution in [3.63, 3.8) is 0 Å². The van der Waals surface area contributed by atoms with Crippen molar-refractivity contribution in [1.29, 1.82) is 0 Å². The Morgan fingerprint density at radius 2 is 1.81 bits per heavy atom. The second-order valence-electron chi connectivity index (χ2n) is 4.05. The number of nitrogens with zero attached hydrogens (tertiary/aromatic N) is 1. The third-order valence-corrected chi connectivity index (χ3v) is 2.81. The maximum Gasteiger partial charge on any atom is 0.455 e. The maximum atomic E-state index is 13.2. The second-order valence-corrected chi connectivity index (χ2v) is 4.05. The van der Waals surface area contributed by atoms with Gasteiger partial charge >= 0.3 is 12.1 Å². The van der Waals surface area contributed by atoms with E-state index in [9.17, 15) is 22.0 Å². The third-order valence-electron chi connectivity index (χ3n) is 2.81. The summed E-state index contributed by atoms with van der Waals surface area (Å²) in [4.78, 5) is 1.14. The van der Waals surface area contributed by atoms with Crippen molar-refractivity contribution in [2.45, 2.75) is 43.9 Å². The van der Waals surface area contributed by atoms with Crippen LogP contribution in [0.4, 0.5) is 22.0 Å². The predicted octanol–water partition coefficient (Wildman–Crippen LogP) is 2.00. The number of likely N-dealkylation sites (tertiary alicyclic amines) is 1. The van der Waals surface area contributed by atoms with Gasteiger partial charge in [-0.25, -0.2) is 0 Å². The summed E-state index contributed by atoms with van der Waals surface area (Å²) in [6.45, 7) is 2.14. The lowest BCUT2D eigenvalue weighted by molar-refractivity contribution is -0.301. The molecular formula is C9H15F5N2. The molecule has 2 nitrogen and oxygen atoms in total. The van der Waals surface area contributed by atoms with E-state index in [0.29, 0.717) is 6.42 Å². The molecule has 0 spiro atoms. The largest absolute Gasteiger partial charge is 0.455 e. The van der Waals surface area contributed by atoms with Crippen molar-refractivity contribution < 1.29 is 22.0 Å². The lowest BCUT2D eigenvalue weighted by atomic mass is 10.0. The van der Waals surface area contributed by atoms with Crippen LogP contribution in [0.3, 0.4) is 0 Å². The molecule has 1 heterocycles. The van der Waals surface area contributed by atoms with Gasteiger partial charge in [-0.05, 0) is 19.4 Å². The lowest BCUT2D eigenvalue weighted by Gasteiger charge is -2.34. The van der Waals surface area contributed by atoms with Gasteiger partial charge in [0.2, 0.25) is 0 Å². The molecule has 0 unspecified atom stereocenters. The molecule has 0 radical (unpaired) electrons. The van der Waals surface area contributed by atoms with Crippen LogP contribution < -0.4 is 5.73 Å². The molecule has 1 aliphatic rings. The smallest absolute Gasteiger partial charge is 0.326 e. The Hall–Kier alpha value is -0.430. The van der Waals surface area contributed by atoms with Gasteiger partial charge in [0.1, 0.15) is 0 Å².